The summed E-state index contributed by atoms with van der Waals surface area (Å²) in [6, 6.07) is 6.15. The maximum Gasteiger partial charge on any atom is 0.228 e. The maximum absolute atomic E-state index is 11.8. The van der Waals surface area contributed by atoms with Crippen LogP contribution in [0.15, 0.2) is 18.2 Å². The van der Waals surface area contributed by atoms with Gasteiger partial charge in [0.05, 0.1) is 13.2 Å². The minimum atomic E-state index is 0.195. The van der Waals surface area contributed by atoms with E-state index in [1.54, 1.807) is 0 Å². The second-order valence-electron chi connectivity index (χ2n) is 4.25. The van der Waals surface area contributed by atoms with Crippen LogP contribution in [-0.4, -0.2) is 17.3 Å². The van der Waals surface area contributed by atoms with Gasteiger partial charge in [0, 0.05) is 23.5 Å². The number of benzene rings is 1. The molecule has 2 aliphatic rings. The number of amides is 1. The Morgan fingerprint density at radius 2 is 2.12 bits per heavy atom. The number of fused-ring (bicyclic) bond motifs is 1. The van der Waals surface area contributed by atoms with Crippen LogP contribution in [0.1, 0.15) is 17.5 Å². The van der Waals surface area contributed by atoms with E-state index >= 15 is 0 Å². The van der Waals surface area contributed by atoms with Gasteiger partial charge in [0.15, 0.2) is 0 Å². The number of alkyl halides is 1. The largest absolute Gasteiger partial charge is 0.372 e. The summed E-state index contributed by atoms with van der Waals surface area (Å²) in [5.41, 5.74) is 3.45. The molecule has 1 saturated heterocycles. The molecule has 2 heterocycles. The summed E-state index contributed by atoms with van der Waals surface area (Å²) in [5, 5.41) is 0. The number of carbonyl (C=O) groups excluding carboxylic acids is 1. The van der Waals surface area contributed by atoms with Gasteiger partial charge in [-0.05, 0) is 23.3 Å². The van der Waals surface area contributed by atoms with Crippen LogP contribution >= 0.6 is 15.9 Å². The molecule has 1 amide bonds. The van der Waals surface area contributed by atoms with E-state index in [4.69, 9.17) is 4.74 Å². The molecule has 0 saturated carbocycles. The summed E-state index contributed by atoms with van der Waals surface area (Å²) in [4.78, 5) is 13.9. The predicted octanol–water partition coefficient (Wildman–Crippen LogP) is 2.22. The highest BCUT2D eigenvalue weighted by atomic mass is 79.9. The van der Waals surface area contributed by atoms with Gasteiger partial charge in [-0.2, -0.15) is 0 Å². The Balaban J connectivity index is 1.92. The molecule has 1 fully saturated rings. The van der Waals surface area contributed by atoms with Gasteiger partial charge in [-0.25, -0.2) is 0 Å². The molecule has 84 valence electrons. The Morgan fingerprint density at radius 3 is 2.88 bits per heavy atom. The third kappa shape index (κ3) is 1.66. The van der Waals surface area contributed by atoms with E-state index in [1.165, 1.54) is 11.1 Å². The van der Waals surface area contributed by atoms with Crippen molar-refractivity contribution < 1.29 is 9.53 Å². The number of rotatable bonds is 1. The highest BCUT2D eigenvalue weighted by Crippen LogP contribution is 2.29. The lowest BCUT2D eigenvalue weighted by Gasteiger charge is -2.16. The number of hydrogen-bond donors (Lipinski definition) is 0. The van der Waals surface area contributed by atoms with E-state index in [9.17, 15) is 4.79 Å². The molecule has 3 rings (SSSR count). The zero-order valence-corrected chi connectivity index (χ0v) is 10.4. The minimum absolute atomic E-state index is 0.195. The van der Waals surface area contributed by atoms with Crippen LogP contribution < -0.4 is 4.90 Å². The first kappa shape index (κ1) is 10.3. The summed E-state index contributed by atoms with van der Waals surface area (Å²) in [6.45, 7) is 2.13. The van der Waals surface area contributed by atoms with Gasteiger partial charge < -0.3 is 9.64 Å². The Hall–Kier alpha value is -0.870. The van der Waals surface area contributed by atoms with Crippen LogP contribution in [0.3, 0.4) is 0 Å². The fourth-order valence-electron chi connectivity index (χ4n) is 2.24. The standard InChI is InChI=1S/C12H12BrNO2/c13-10-4-12(15)14(5-10)11-2-1-8-6-16-7-9(8)3-11/h1-3,10H,4-7H2. The van der Waals surface area contributed by atoms with Crippen LogP contribution in [0, 0.1) is 0 Å². The molecule has 1 atom stereocenters. The third-order valence-corrected chi connectivity index (χ3v) is 3.71. The molecule has 1 aromatic carbocycles. The van der Waals surface area contributed by atoms with Gasteiger partial charge in [0.25, 0.3) is 0 Å². The number of ether oxygens (including phenoxy) is 1. The first-order chi connectivity index (χ1) is 7.74. The Kier molecular flexibility index (Phi) is 2.48. The SMILES string of the molecule is O=C1CC(Br)CN1c1ccc2c(c1)COC2. The van der Waals surface area contributed by atoms with Crippen molar-refractivity contribution in [2.24, 2.45) is 0 Å². The van der Waals surface area contributed by atoms with E-state index in [0.29, 0.717) is 19.6 Å². The monoisotopic (exact) mass is 281 g/mol. The Labute approximate surface area is 103 Å². The molecule has 0 aromatic heterocycles. The van der Waals surface area contributed by atoms with Crippen molar-refractivity contribution in [1.82, 2.24) is 0 Å². The summed E-state index contributed by atoms with van der Waals surface area (Å²) >= 11 is 3.49. The first-order valence-electron chi connectivity index (χ1n) is 5.38. The van der Waals surface area contributed by atoms with Gasteiger partial charge in [-0.15, -0.1) is 0 Å². The smallest absolute Gasteiger partial charge is 0.228 e. The van der Waals surface area contributed by atoms with Crippen molar-refractivity contribution in [1.29, 1.82) is 0 Å². The summed E-state index contributed by atoms with van der Waals surface area (Å²) < 4.78 is 5.37. The normalized spacial score (nSPS) is 23.9. The van der Waals surface area contributed by atoms with E-state index in [-0.39, 0.29) is 10.7 Å². The second-order valence-corrected chi connectivity index (χ2v) is 5.55. The first-order valence-corrected chi connectivity index (χ1v) is 6.29. The Morgan fingerprint density at radius 1 is 1.31 bits per heavy atom. The average molecular weight is 282 g/mol. The molecular formula is C12H12BrNO2. The van der Waals surface area contributed by atoms with Gasteiger partial charge >= 0.3 is 0 Å². The molecule has 0 bridgehead atoms. The number of halogens is 1. The highest BCUT2D eigenvalue weighted by Gasteiger charge is 2.29. The molecule has 1 aromatic rings. The third-order valence-electron chi connectivity index (χ3n) is 3.09. The van der Waals surface area contributed by atoms with Crippen molar-refractivity contribution >= 4 is 27.5 Å². The van der Waals surface area contributed by atoms with Gasteiger partial charge in [0.2, 0.25) is 5.91 Å². The fourth-order valence-corrected chi connectivity index (χ4v) is 2.81. The molecule has 0 aliphatic carbocycles. The van der Waals surface area contributed by atoms with Crippen LogP contribution in [0.4, 0.5) is 5.69 Å². The molecular weight excluding hydrogens is 270 g/mol. The quantitative estimate of drug-likeness (QED) is 0.739. The number of anilines is 1. The highest BCUT2D eigenvalue weighted by molar-refractivity contribution is 9.09. The summed E-state index contributed by atoms with van der Waals surface area (Å²) in [5.74, 6) is 0.195. The van der Waals surface area contributed by atoms with Crippen molar-refractivity contribution in [2.45, 2.75) is 24.5 Å². The molecule has 1 unspecified atom stereocenters. The number of carbonyl (C=O) groups is 1. The van der Waals surface area contributed by atoms with Crippen molar-refractivity contribution in [3.05, 3.63) is 29.3 Å². The van der Waals surface area contributed by atoms with Crippen molar-refractivity contribution in [2.75, 3.05) is 11.4 Å². The Bertz CT molecular complexity index is 447. The van der Waals surface area contributed by atoms with E-state index in [0.717, 1.165) is 12.2 Å². The predicted molar refractivity (Wildman–Crippen MR) is 64.6 cm³/mol. The zero-order chi connectivity index (χ0) is 11.1. The van der Waals surface area contributed by atoms with Crippen LogP contribution in [0.25, 0.3) is 0 Å². The van der Waals surface area contributed by atoms with E-state index < -0.39 is 0 Å². The minimum Gasteiger partial charge on any atom is -0.372 e. The molecule has 2 aliphatic heterocycles. The van der Waals surface area contributed by atoms with Crippen LogP contribution in [0.2, 0.25) is 0 Å². The molecule has 0 spiro atoms. The van der Waals surface area contributed by atoms with Gasteiger partial charge in [-0.1, -0.05) is 22.0 Å². The van der Waals surface area contributed by atoms with Crippen LogP contribution in [0.5, 0.6) is 0 Å². The molecule has 4 heteroatoms. The second kappa shape index (κ2) is 3.86. The van der Waals surface area contributed by atoms with Gasteiger partial charge in [0.1, 0.15) is 0 Å². The summed E-state index contributed by atoms with van der Waals surface area (Å²) in [7, 11) is 0. The maximum atomic E-state index is 11.8. The fraction of sp³-hybridized carbons (Fsp3) is 0.417. The van der Waals surface area contributed by atoms with E-state index in [1.807, 2.05) is 11.0 Å². The van der Waals surface area contributed by atoms with Crippen molar-refractivity contribution in [3.8, 4) is 0 Å². The number of nitrogens with zero attached hydrogens (tertiary/aromatic N) is 1. The lowest BCUT2D eigenvalue weighted by Crippen LogP contribution is -2.24. The van der Waals surface area contributed by atoms with Crippen molar-refractivity contribution in [3.63, 3.8) is 0 Å². The molecule has 3 nitrogen and oxygen atoms in total. The lowest BCUT2D eigenvalue weighted by molar-refractivity contribution is -0.117. The topological polar surface area (TPSA) is 29.5 Å². The zero-order valence-electron chi connectivity index (χ0n) is 8.78. The number of hydrogen-bond acceptors (Lipinski definition) is 2. The molecule has 0 N–H and O–H groups in total. The summed E-state index contributed by atoms with van der Waals surface area (Å²) in [6.07, 6.45) is 0.591. The van der Waals surface area contributed by atoms with Gasteiger partial charge in [-0.3, -0.25) is 4.79 Å². The molecule has 0 radical (unpaired) electrons. The average Bonchev–Trinajstić information content (AvgIpc) is 2.83. The molecule has 16 heavy (non-hydrogen) atoms. The van der Waals surface area contributed by atoms with Crippen LogP contribution in [-0.2, 0) is 22.7 Å². The lowest BCUT2D eigenvalue weighted by atomic mass is 10.1. The van der Waals surface area contributed by atoms with E-state index in [2.05, 4.69) is 28.1 Å².